The van der Waals surface area contributed by atoms with E-state index >= 15 is 0 Å². The first-order valence-corrected chi connectivity index (χ1v) is 10.4. The molecule has 0 aliphatic heterocycles. The molecule has 2 N–H and O–H groups in total. The number of halogens is 1. The number of aliphatic imine (C=N–C) groups is 1. The zero-order chi connectivity index (χ0) is 16.6. The second kappa shape index (κ2) is 10.7. The quantitative estimate of drug-likeness (QED) is 0.316. The van der Waals surface area contributed by atoms with Gasteiger partial charge in [-0.05, 0) is 37.5 Å². The Morgan fingerprint density at radius 1 is 1.22 bits per heavy atom. The Hall–Kier alpha value is -0.0500. The topological polar surface area (TPSA) is 70.6 Å². The lowest BCUT2D eigenvalue weighted by molar-refractivity contribution is 0.111. The maximum absolute atomic E-state index is 11.5. The second-order valence-corrected chi connectivity index (χ2v) is 9.28. The van der Waals surface area contributed by atoms with Crippen LogP contribution in [0, 0.1) is 11.3 Å². The van der Waals surface area contributed by atoms with Crippen LogP contribution in [0.15, 0.2) is 4.99 Å². The van der Waals surface area contributed by atoms with Gasteiger partial charge >= 0.3 is 0 Å². The second-order valence-electron chi connectivity index (χ2n) is 6.81. The Morgan fingerprint density at radius 3 is 2.30 bits per heavy atom. The van der Waals surface area contributed by atoms with Crippen LogP contribution in [0.3, 0.4) is 0 Å². The fourth-order valence-corrected chi connectivity index (χ4v) is 3.73. The smallest absolute Gasteiger partial charge is 0.191 e. The molecule has 1 rings (SSSR count). The van der Waals surface area contributed by atoms with Crippen LogP contribution in [0.4, 0.5) is 0 Å². The first kappa shape index (κ1) is 22.9. The standard InChI is InChI=1S/C16H33N3O2S.HI/c1-5-17-15(18-10-11-22(20,21)6-2)19-13-16(8-7-9-16)12-14(3)4;/h14H,5-13H2,1-4H3,(H2,17,18,19);1H. The lowest BCUT2D eigenvalue weighted by atomic mass is 9.64. The van der Waals surface area contributed by atoms with E-state index in [0.717, 1.165) is 19.0 Å². The Kier molecular flexibility index (Phi) is 10.7. The van der Waals surface area contributed by atoms with Gasteiger partial charge in [-0.25, -0.2) is 8.42 Å². The molecule has 0 unspecified atom stereocenters. The highest BCUT2D eigenvalue weighted by Crippen LogP contribution is 2.46. The van der Waals surface area contributed by atoms with E-state index in [1.54, 1.807) is 6.92 Å². The van der Waals surface area contributed by atoms with Gasteiger partial charge in [0.05, 0.1) is 5.75 Å². The van der Waals surface area contributed by atoms with Crippen LogP contribution in [-0.4, -0.2) is 45.5 Å². The Labute approximate surface area is 159 Å². The Balaban J connectivity index is 0.00000484. The minimum absolute atomic E-state index is 0. The number of sulfone groups is 1. The number of rotatable bonds is 9. The first-order valence-electron chi connectivity index (χ1n) is 8.55. The van der Waals surface area contributed by atoms with Crippen LogP contribution in [0.25, 0.3) is 0 Å². The lowest BCUT2D eigenvalue weighted by Crippen LogP contribution is -2.41. The third-order valence-electron chi connectivity index (χ3n) is 4.32. The normalized spacial score (nSPS) is 17.3. The van der Waals surface area contributed by atoms with Crippen LogP contribution in [0.1, 0.15) is 53.4 Å². The molecule has 0 aromatic rings. The van der Waals surface area contributed by atoms with Crippen molar-refractivity contribution in [1.29, 1.82) is 0 Å². The molecule has 0 aromatic heterocycles. The number of nitrogens with one attached hydrogen (secondary N) is 2. The van der Waals surface area contributed by atoms with Crippen LogP contribution in [0.2, 0.25) is 0 Å². The predicted molar refractivity (Wildman–Crippen MR) is 109 cm³/mol. The summed E-state index contributed by atoms with van der Waals surface area (Å²) >= 11 is 0. The summed E-state index contributed by atoms with van der Waals surface area (Å²) < 4.78 is 23.1. The van der Waals surface area contributed by atoms with E-state index in [4.69, 9.17) is 4.99 Å². The third-order valence-corrected chi connectivity index (χ3v) is 6.02. The van der Waals surface area contributed by atoms with Crippen LogP contribution >= 0.6 is 24.0 Å². The molecule has 7 heteroatoms. The summed E-state index contributed by atoms with van der Waals surface area (Å²) in [5, 5.41) is 6.35. The SMILES string of the molecule is CCNC(=NCC1(CC(C)C)CCC1)NCCS(=O)(=O)CC.I. The predicted octanol–water partition coefficient (Wildman–Crippen LogP) is 2.81. The molecule has 0 heterocycles. The number of hydrogen-bond donors (Lipinski definition) is 2. The molecule has 0 atom stereocenters. The average molecular weight is 459 g/mol. The van der Waals surface area contributed by atoms with E-state index in [0.29, 0.717) is 17.9 Å². The van der Waals surface area contributed by atoms with Gasteiger partial charge in [0.25, 0.3) is 0 Å². The molecule has 0 spiro atoms. The molecule has 1 fully saturated rings. The number of hydrogen-bond acceptors (Lipinski definition) is 3. The molecule has 138 valence electrons. The summed E-state index contributed by atoms with van der Waals surface area (Å²) in [6, 6.07) is 0. The molecule has 0 amide bonds. The fraction of sp³-hybridized carbons (Fsp3) is 0.938. The molecule has 0 radical (unpaired) electrons. The zero-order valence-corrected chi connectivity index (χ0v) is 18.2. The highest BCUT2D eigenvalue weighted by Gasteiger charge is 2.37. The molecular weight excluding hydrogens is 425 g/mol. The van der Waals surface area contributed by atoms with Crippen molar-refractivity contribution in [3.63, 3.8) is 0 Å². The largest absolute Gasteiger partial charge is 0.357 e. The summed E-state index contributed by atoms with van der Waals surface area (Å²) in [6.45, 7) is 10.3. The number of nitrogens with zero attached hydrogens (tertiary/aromatic N) is 1. The van der Waals surface area contributed by atoms with Gasteiger partial charge in [-0.1, -0.05) is 27.2 Å². The van der Waals surface area contributed by atoms with E-state index in [1.807, 2.05) is 6.92 Å². The molecule has 0 saturated heterocycles. The van der Waals surface area contributed by atoms with Crippen molar-refractivity contribution in [3.05, 3.63) is 0 Å². The van der Waals surface area contributed by atoms with E-state index < -0.39 is 9.84 Å². The van der Waals surface area contributed by atoms with Crippen molar-refractivity contribution in [2.24, 2.45) is 16.3 Å². The molecule has 23 heavy (non-hydrogen) atoms. The maximum atomic E-state index is 11.5. The van der Waals surface area contributed by atoms with Gasteiger partial charge in [-0.2, -0.15) is 0 Å². The maximum Gasteiger partial charge on any atom is 0.191 e. The van der Waals surface area contributed by atoms with Gasteiger partial charge in [0.15, 0.2) is 15.8 Å². The van der Waals surface area contributed by atoms with Gasteiger partial charge in [-0.3, -0.25) is 4.99 Å². The van der Waals surface area contributed by atoms with E-state index in [-0.39, 0.29) is 35.5 Å². The summed E-state index contributed by atoms with van der Waals surface area (Å²) in [4.78, 5) is 4.71. The summed E-state index contributed by atoms with van der Waals surface area (Å²) in [5.41, 5.74) is 0.367. The van der Waals surface area contributed by atoms with Gasteiger partial charge < -0.3 is 10.6 Å². The van der Waals surface area contributed by atoms with Crippen molar-refractivity contribution < 1.29 is 8.42 Å². The van der Waals surface area contributed by atoms with E-state index in [1.165, 1.54) is 25.7 Å². The summed E-state index contributed by atoms with van der Waals surface area (Å²) in [5.74, 6) is 1.79. The minimum Gasteiger partial charge on any atom is -0.357 e. The molecule has 5 nitrogen and oxygen atoms in total. The molecule has 1 aliphatic carbocycles. The third kappa shape index (κ3) is 8.56. The van der Waals surface area contributed by atoms with Gasteiger partial charge in [0, 0.05) is 25.4 Å². The Morgan fingerprint density at radius 2 is 1.87 bits per heavy atom. The van der Waals surface area contributed by atoms with Crippen molar-refractivity contribution in [1.82, 2.24) is 10.6 Å². The molecule has 1 saturated carbocycles. The lowest BCUT2D eigenvalue weighted by Gasteiger charge is -2.42. The highest BCUT2D eigenvalue weighted by molar-refractivity contribution is 14.0. The van der Waals surface area contributed by atoms with Gasteiger partial charge in [0.1, 0.15) is 0 Å². The first-order chi connectivity index (χ1) is 10.3. The molecule has 0 bridgehead atoms. The monoisotopic (exact) mass is 459 g/mol. The van der Waals surface area contributed by atoms with Crippen LogP contribution in [0.5, 0.6) is 0 Å². The Bertz CT molecular complexity index is 460. The van der Waals surface area contributed by atoms with Crippen molar-refractivity contribution >= 4 is 39.8 Å². The summed E-state index contributed by atoms with van der Waals surface area (Å²) in [7, 11) is -2.93. The zero-order valence-electron chi connectivity index (χ0n) is 15.0. The van der Waals surface area contributed by atoms with Crippen molar-refractivity contribution in [2.45, 2.75) is 53.4 Å². The van der Waals surface area contributed by atoms with E-state index in [2.05, 4.69) is 24.5 Å². The molecule has 1 aliphatic rings. The van der Waals surface area contributed by atoms with Crippen LogP contribution in [-0.2, 0) is 9.84 Å². The molecular formula is C16H34IN3O2S. The molecule has 0 aromatic carbocycles. The average Bonchev–Trinajstić information content (AvgIpc) is 2.40. The van der Waals surface area contributed by atoms with Gasteiger partial charge in [-0.15, -0.1) is 24.0 Å². The minimum atomic E-state index is -2.93. The number of guanidine groups is 1. The highest BCUT2D eigenvalue weighted by atomic mass is 127. The van der Waals surface area contributed by atoms with Crippen molar-refractivity contribution in [3.8, 4) is 0 Å². The fourth-order valence-electron chi connectivity index (χ4n) is 3.03. The van der Waals surface area contributed by atoms with Gasteiger partial charge in [0.2, 0.25) is 0 Å². The van der Waals surface area contributed by atoms with E-state index in [9.17, 15) is 8.42 Å². The summed E-state index contributed by atoms with van der Waals surface area (Å²) in [6.07, 6.45) is 5.05. The van der Waals surface area contributed by atoms with Crippen LogP contribution < -0.4 is 10.6 Å². The van der Waals surface area contributed by atoms with Crippen molar-refractivity contribution in [2.75, 3.05) is 31.1 Å².